The summed E-state index contributed by atoms with van der Waals surface area (Å²) >= 11 is 0. The summed E-state index contributed by atoms with van der Waals surface area (Å²) in [5, 5.41) is 0. The Balaban J connectivity index is 3.26. The second kappa shape index (κ2) is 8.25. The maximum absolute atomic E-state index is 10.2. The molecule has 0 fully saturated rings. The lowest BCUT2D eigenvalue weighted by atomic mass is 10.1. The molecule has 0 saturated carbocycles. The van der Waals surface area contributed by atoms with Gasteiger partial charge in [-0.05, 0) is 45.1 Å². The summed E-state index contributed by atoms with van der Waals surface area (Å²) in [5.41, 5.74) is 0.848. The van der Waals surface area contributed by atoms with E-state index in [4.69, 9.17) is 0 Å². The molecule has 0 saturated heterocycles. The Labute approximate surface area is 75.2 Å². The van der Waals surface area contributed by atoms with Crippen LogP contribution >= 0.6 is 0 Å². The van der Waals surface area contributed by atoms with E-state index in [0.717, 1.165) is 24.7 Å². The molecule has 0 spiro atoms. The molecule has 0 radical (unpaired) electrons. The number of allylic oxidation sites excluding steroid dienone is 4. The predicted octanol–water partition coefficient (Wildman–Crippen LogP) is 3.27. The van der Waals surface area contributed by atoms with Gasteiger partial charge >= 0.3 is 0 Å². The van der Waals surface area contributed by atoms with Gasteiger partial charge in [0.15, 0.2) is 0 Å². The van der Waals surface area contributed by atoms with Crippen molar-refractivity contribution in [1.82, 2.24) is 0 Å². The molecule has 0 aliphatic heterocycles. The summed E-state index contributed by atoms with van der Waals surface area (Å²) in [6, 6.07) is 0. The Bertz CT molecular complexity index is 166. The van der Waals surface area contributed by atoms with E-state index in [2.05, 4.69) is 12.2 Å². The Morgan fingerprint density at radius 1 is 1.25 bits per heavy atom. The monoisotopic (exact) mass is 166 g/mol. The van der Waals surface area contributed by atoms with Crippen LogP contribution < -0.4 is 0 Å². The molecule has 0 amide bonds. The number of hydrogen-bond acceptors (Lipinski definition) is 1. The number of carbonyl (C=O) groups is 1. The number of rotatable bonds is 6. The minimum absolute atomic E-state index is 0.848. The minimum Gasteiger partial charge on any atom is -0.298 e. The van der Waals surface area contributed by atoms with Gasteiger partial charge in [0.1, 0.15) is 6.29 Å². The van der Waals surface area contributed by atoms with E-state index in [0.29, 0.717) is 0 Å². The van der Waals surface area contributed by atoms with E-state index in [-0.39, 0.29) is 0 Å². The highest BCUT2D eigenvalue weighted by Crippen LogP contribution is 2.03. The number of aldehydes is 1. The third-order valence-corrected chi connectivity index (χ3v) is 1.71. The zero-order valence-electron chi connectivity index (χ0n) is 8.05. The average molecular weight is 166 g/mol. The molecular formula is C11H18O. The lowest BCUT2D eigenvalue weighted by Crippen LogP contribution is -1.77. The average Bonchev–Trinajstić information content (AvgIpc) is 2.10. The third-order valence-electron chi connectivity index (χ3n) is 1.71. The first-order valence-electron chi connectivity index (χ1n) is 4.54. The van der Waals surface area contributed by atoms with Gasteiger partial charge in [-0.2, -0.15) is 0 Å². The molecule has 0 bridgehead atoms. The molecule has 0 aromatic carbocycles. The second-order valence-electron chi connectivity index (χ2n) is 2.92. The molecule has 0 rings (SSSR count). The molecule has 12 heavy (non-hydrogen) atoms. The zero-order chi connectivity index (χ0) is 9.23. The Morgan fingerprint density at radius 2 is 1.92 bits per heavy atom. The molecular weight excluding hydrogens is 148 g/mol. The first-order chi connectivity index (χ1) is 5.81. The standard InChI is InChI=1S/C11H18O/c1-3-4-5-6-7-8-9-11(2)10-12/h3-4,9-10H,5-8H2,1-2H3. The Kier molecular flexibility index (Phi) is 7.66. The Hall–Kier alpha value is -0.850. The van der Waals surface area contributed by atoms with Crippen molar-refractivity contribution in [2.75, 3.05) is 0 Å². The third kappa shape index (κ3) is 7.26. The van der Waals surface area contributed by atoms with Crippen molar-refractivity contribution in [3.8, 4) is 0 Å². The molecule has 0 aliphatic carbocycles. The molecule has 0 aromatic heterocycles. The van der Waals surface area contributed by atoms with Gasteiger partial charge in [0, 0.05) is 0 Å². The first-order valence-corrected chi connectivity index (χ1v) is 4.54. The van der Waals surface area contributed by atoms with E-state index < -0.39 is 0 Å². The molecule has 68 valence electrons. The second-order valence-corrected chi connectivity index (χ2v) is 2.92. The maximum atomic E-state index is 10.2. The van der Waals surface area contributed by atoms with E-state index in [1.807, 2.05) is 19.9 Å². The van der Waals surface area contributed by atoms with Gasteiger partial charge in [0.05, 0.1) is 0 Å². The zero-order valence-corrected chi connectivity index (χ0v) is 8.05. The van der Waals surface area contributed by atoms with E-state index in [1.54, 1.807) is 0 Å². The predicted molar refractivity (Wildman–Crippen MR) is 53.1 cm³/mol. The molecule has 0 aromatic rings. The fourth-order valence-electron chi connectivity index (χ4n) is 0.951. The Morgan fingerprint density at radius 3 is 2.50 bits per heavy atom. The van der Waals surface area contributed by atoms with Crippen LogP contribution in [0.3, 0.4) is 0 Å². The van der Waals surface area contributed by atoms with Crippen LogP contribution in [0.1, 0.15) is 39.5 Å². The van der Waals surface area contributed by atoms with Crippen molar-refractivity contribution in [2.24, 2.45) is 0 Å². The normalized spacial score (nSPS) is 12.3. The summed E-state index contributed by atoms with van der Waals surface area (Å²) in [7, 11) is 0. The van der Waals surface area contributed by atoms with Crippen molar-refractivity contribution in [2.45, 2.75) is 39.5 Å². The first kappa shape index (κ1) is 11.2. The lowest BCUT2D eigenvalue weighted by Gasteiger charge is -1.93. The van der Waals surface area contributed by atoms with Crippen LogP contribution in [-0.2, 0) is 4.79 Å². The molecule has 0 unspecified atom stereocenters. The fraction of sp³-hybridized carbons (Fsp3) is 0.545. The van der Waals surface area contributed by atoms with Crippen LogP contribution in [0.4, 0.5) is 0 Å². The summed E-state index contributed by atoms with van der Waals surface area (Å²) in [6.45, 7) is 3.88. The highest BCUT2D eigenvalue weighted by molar-refractivity contribution is 5.71. The summed E-state index contributed by atoms with van der Waals surface area (Å²) in [5.74, 6) is 0. The lowest BCUT2D eigenvalue weighted by molar-refractivity contribution is -0.104. The number of unbranched alkanes of at least 4 members (excludes halogenated alkanes) is 3. The topological polar surface area (TPSA) is 17.1 Å². The SMILES string of the molecule is CC=CCCCCC=C(C)C=O. The smallest absolute Gasteiger partial charge is 0.145 e. The maximum Gasteiger partial charge on any atom is 0.145 e. The van der Waals surface area contributed by atoms with Crippen molar-refractivity contribution >= 4 is 6.29 Å². The van der Waals surface area contributed by atoms with Crippen LogP contribution in [0.2, 0.25) is 0 Å². The van der Waals surface area contributed by atoms with Crippen LogP contribution in [0.25, 0.3) is 0 Å². The van der Waals surface area contributed by atoms with Gasteiger partial charge in [0.25, 0.3) is 0 Å². The molecule has 0 N–H and O–H groups in total. The molecule has 1 nitrogen and oxygen atoms in total. The van der Waals surface area contributed by atoms with Gasteiger partial charge in [-0.25, -0.2) is 0 Å². The molecule has 0 heterocycles. The van der Waals surface area contributed by atoms with Gasteiger partial charge in [-0.15, -0.1) is 0 Å². The molecule has 1 heteroatoms. The number of hydrogen-bond donors (Lipinski definition) is 0. The van der Waals surface area contributed by atoms with E-state index in [9.17, 15) is 4.79 Å². The van der Waals surface area contributed by atoms with Crippen molar-refractivity contribution < 1.29 is 4.79 Å². The van der Waals surface area contributed by atoms with Crippen LogP contribution in [0.15, 0.2) is 23.8 Å². The van der Waals surface area contributed by atoms with E-state index in [1.165, 1.54) is 12.8 Å². The van der Waals surface area contributed by atoms with Gasteiger partial charge in [-0.3, -0.25) is 4.79 Å². The van der Waals surface area contributed by atoms with Crippen molar-refractivity contribution in [3.05, 3.63) is 23.8 Å². The summed E-state index contributed by atoms with van der Waals surface area (Å²) < 4.78 is 0. The fourth-order valence-corrected chi connectivity index (χ4v) is 0.951. The highest BCUT2D eigenvalue weighted by atomic mass is 16.1. The summed E-state index contributed by atoms with van der Waals surface area (Å²) in [6.07, 6.45) is 11.7. The van der Waals surface area contributed by atoms with Gasteiger partial charge < -0.3 is 0 Å². The van der Waals surface area contributed by atoms with Crippen LogP contribution in [0.5, 0.6) is 0 Å². The van der Waals surface area contributed by atoms with Crippen molar-refractivity contribution in [1.29, 1.82) is 0 Å². The van der Waals surface area contributed by atoms with Gasteiger partial charge in [0.2, 0.25) is 0 Å². The van der Waals surface area contributed by atoms with Gasteiger partial charge in [-0.1, -0.05) is 18.2 Å². The van der Waals surface area contributed by atoms with Crippen LogP contribution in [0, 0.1) is 0 Å². The minimum atomic E-state index is 0.848. The van der Waals surface area contributed by atoms with Crippen LogP contribution in [-0.4, -0.2) is 6.29 Å². The molecule has 0 aliphatic rings. The largest absolute Gasteiger partial charge is 0.298 e. The quantitative estimate of drug-likeness (QED) is 0.256. The summed E-state index contributed by atoms with van der Waals surface area (Å²) in [4.78, 5) is 10.2. The highest BCUT2D eigenvalue weighted by Gasteiger charge is 1.85. The molecule has 0 atom stereocenters. The van der Waals surface area contributed by atoms with Crippen molar-refractivity contribution in [3.63, 3.8) is 0 Å². The number of carbonyl (C=O) groups excluding carboxylic acids is 1. The van der Waals surface area contributed by atoms with E-state index >= 15 is 0 Å².